The molecular weight excluding hydrogens is 354 g/mol. The van der Waals surface area contributed by atoms with Gasteiger partial charge in [-0.25, -0.2) is 23.1 Å². The van der Waals surface area contributed by atoms with Crippen molar-refractivity contribution in [2.75, 3.05) is 13.1 Å². The van der Waals surface area contributed by atoms with Gasteiger partial charge in [0.05, 0.1) is 4.90 Å². The lowest BCUT2D eigenvalue weighted by molar-refractivity contribution is 0.0950. The Balaban J connectivity index is 1.57. The lowest BCUT2D eigenvalue weighted by Crippen LogP contribution is -2.35. The third-order valence-electron chi connectivity index (χ3n) is 3.80. The van der Waals surface area contributed by atoms with E-state index in [1.54, 1.807) is 48.1 Å². The third-order valence-corrected chi connectivity index (χ3v) is 5.41. The maximum Gasteiger partial charge on any atom is 0.271 e. The molecule has 0 radical (unpaired) electrons. The van der Waals surface area contributed by atoms with Crippen molar-refractivity contribution in [1.29, 1.82) is 0 Å². The molecule has 2 N–H and O–H groups in total. The average Bonchev–Trinajstić information content (AvgIpc) is 3.05. The molecule has 0 saturated carbocycles. The molecule has 26 heavy (non-hydrogen) atoms. The third kappa shape index (κ3) is 3.89. The summed E-state index contributed by atoms with van der Waals surface area (Å²) in [5.74, 6) is 0.0368. The van der Waals surface area contributed by atoms with Gasteiger partial charge in [-0.1, -0.05) is 12.1 Å². The smallest absolute Gasteiger partial charge is 0.271 e. The van der Waals surface area contributed by atoms with Crippen LogP contribution in [0.25, 0.3) is 5.78 Å². The van der Waals surface area contributed by atoms with Crippen LogP contribution in [0.4, 0.5) is 0 Å². The van der Waals surface area contributed by atoms with E-state index in [4.69, 9.17) is 0 Å². The van der Waals surface area contributed by atoms with Crippen LogP contribution < -0.4 is 10.0 Å². The minimum Gasteiger partial charge on any atom is -0.349 e. The fourth-order valence-corrected chi connectivity index (χ4v) is 3.83. The Kier molecular flexibility index (Phi) is 5.01. The number of carbonyl (C=O) groups excluding carboxylic acids is 1. The zero-order valence-electron chi connectivity index (χ0n) is 14.4. The van der Waals surface area contributed by atoms with E-state index in [0.29, 0.717) is 11.3 Å². The molecule has 0 aliphatic rings. The van der Waals surface area contributed by atoms with Gasteiger partial charge in [-0.3, -0.25) is 9.20 Å². The molecule has 0 bridgehead atoms. The van der Waals surface area contributed by atoms with Gasteiger partial charge in [0.1, 0.15) is 5.69 Å². The van der Waals surface area contributed by atoms with Crippen LogP contribution in [-0.2, 0) is 10.0 Å². The highest BCUT2D eigenvalue weighted by molar-refractivity contribution is 7.89. The summed E-state index contributed by atoms with van der Waals surface area (Å²) < 4.78 is 28.9. The minimum absolute atomic E-state index is 0.0765. The first-order valence-electron chi connectivity index (χ1n) is 8.02. The normalized spacial score (nSPS) is 11.6. The molecule has 2 aromatic heterocycles. The highest BCUT2D eigenvalue weighted by atomic mass is 32.2. The fourth-order valence-electron chi connectivity index (χ4n) is 2.47. The van der Waals surface area contributed by atoms with E-state index in [0.717, 1.165) is 5.56 Å². The summed E-state index contributed by atoms with van der Waals surface area (Å²) in [4.78, 5) is 20.5. The van der Waals surface area contributed by atoms with Crippen molar-refractivity contribution < 1.29 is 13.2 Å². The summed E-state index contributed by atoms with van der Waals surface area (Å²) in [7, 11) is -3.63. The Hall–Kier alpha value is -2.78. The zero-order valence-corrected chi connectivity index (χ0v) is 15.2. The highest BCUT2D eigenvalue weighted by Crippen LogP contribution is 2.16. The second-order valence-electron chi connectivity index (χ2n) is 5.88. The molecule has 3 aromatic rings. The van der Waals surface area contributed by atoms with E-state index in [1.165, 1.54) is 0 Å². The summed E-state index contributed by atoms with van der Waals surface area (Å²) >= 11 is 0. The Morgan fingerprint density at radius 3 is 2.81 bits per heavy atom. The molecule has 136 valence electrons. The van der Waals surface area contributed by atoms with Gasteiger partial charge in [0.15, 0.2) is 0 Å². The molecule has 0 unspecified atom stereocenters. The fraction of sp³-hybridized carbons (Fsp3) is 0.235. The van der Waals surface area contributed by atoms with E-state index in [1.807, 2.05) is 13.0 Å². The van der Waals surface area contributed by atoms with Gasteiger partial charge in [0.2, 0.25) is 15.8 Å². The molecule has 3 rings (SSSR count). The van der Waals surface area contributed by atoms with Crippen LogP contribution in [0.5, 0.6) is 0 Å². The maximum atomic E-state index is 12.4. The quantitative estimate of drug-likeness (QED) is 0.629. The molecule has 1 aromatic carbocycles. The second-order valence-corrected chi connectivity index (χ2v) is 7.61. The molecular formula is C17H19N5O3S. The number of rotatable bonds is 6. The first-order valence-corrected chi connectivity index (χ1v) is 9.50. The zero-order chi connectivity index (χ0) is 18.7. The molecule has 9 heteroatoms. The van der Waals surface area contributed by atoms with Crippen molar-refractivity contribution in [3.63, 3.8) is 0 Å². The van der Waals surface area contributed by atoms with E-state index in [2.05, 4.69) is 20.0 Å². The number of aryl methyl sites for hydroxylation is 2. The van der Waals surface area contributed by atoms with Gasteiger partial charge in [-0.05, 0) is 37.1 Å². The number of hydrogen-bond donors (Lipinski definition) is 2. The Labute approximate surface area is 151 Å². The summed E-state index contributed by atoms with van der Waals surface area (Å²) in [6.07, 6.45) is 4.90. The van der Waals surface area contributed by atoms with Crippen LogP contribution in [0, 0.1) is 13.8 Å². The molecule has 0 aliphatic heterocycles. The number of carbonyl (C=O) groups is 1. The number of imidazole rings is 1. The van der Waals surface area contributed by atoms with Gasteiger partial charge < -0.3 is 5.32 Å². The summed E-state index contributed by atoms with van der Waals surface area (Å²) in [6.45, 7) is 3.80. The summed E-state index contributed by atoms with van der Waals surface area (Å²) in [5, 5.41) is 2.64. The van der Waals surface area contributed by atoms with Crippen LogP contribution in [0.15, 0.2) is 47.8 Å². The molecule has 0 saturated heterocycles. The highest BCUT2D eigenvalue weighted by Gasteiger charge is 2.17. The van der Waals surface area contributed by atoms with Gasteiger partial charge in [0, 0.05) is 31.7 Å². The minimum atomic E-state index is -3.63. The number of benzene rings is 1. The Morgan fingerprint density at radius 1 is 1.23 bits per heavy atom. The maximum absolute atomic E-state index is 12.4. The Morgan fingerprint density at radius 2 is 2.04 bits per heavy atom. The van der Waals surface area contributed by atoms with Crippen molar-refractivity contribution >= 4 is 21.7 Å². The van der Waals surface area contributed by atoms with Crippen molar-refractivity contribution in [1.82, 2.24) is 24.4 Å². The largest absolute Gasteiger partial charge is 0.349 e. The second kappa shape index (κ2) is 7.22. The van der Waals surface area contributed by atoms with Gasteiger partial charge in [0.25, 0.3) is 5.91 Å². The van der Waals surface area contributed by atoms with E-state index in [-0.39, 0.29) is 29.6 Å². The van der Waals surface area contributed by atoms with E-state index < -0.39 is 10.0 Å². The number of fused-ring (bicyclic) bond motifs is 1. The molecule has 8 nitrogen and oxygen atoms in total. The molecule has 0 aliphatic carbocycles. The number of amides is 1. The number of hydrogen-bond acceptors (Lipinski definition) is 5. The van der Waals surface area contributed by atoms with Crippen molar-refractivity contribution in [3.05, 3.63) is 59.7 Å². The lowest BCUT2D eigenvalue weighted by Gasteiger charge is -2.10. The summed E-state index contributed by atoms with van der Waals surface area (Å²) in [6, 6.07) is 6.99. The van der Waals surface area contributed by atoms with Crippen molar-refractivity contribution in [2.45, 2.75) is 18.7 Å². The molecule has 0 fully saturated rings. The molecule has 2 heterocycles. The van der Waals surface area contributed by atoms with Crippen molar-refractivity contribution in [2.24, 2.45) is 0 Å². The number of sulfonamides is 1. The van der Waals surface area contributed by atoms with E-state index in [9.17, 15) is 13.2 Å². The number of nitrogens with one attached hydrogen (secondary N) is 2. The first kappa shape index (κ1) is 18.0. The van der Waals surface area contributed by atoms with Gasteiger partial charge in [-0.15, -0.1) is 0 Å². The predicted molar refractivity (Wildman–Crippen MR) is 96.4 cm³/mol. The van der Waals surface area contributed by atoms with Crippen molar-refractivity contribution in [3.8, 4) is 0 Å². The SMILES string of the molecule is Cc1ccc(C)c(S(=O)(=O)NCCNC(=O)c2cn3cccnc3n2)c1. The monoisotopic (exact) mass is 373 g/mol. The Bertz CT molecular complexity index is 1030. The topological polar surface area (TPSA) is 105 Å². The van der Waals surface area contributed by atoms with Gasteiger partial charge >= 0.3 is 0 Å². The van der Waals surface area contributed by atoms with Crippen LogP contribution in [0.3, 0.4) is 0 Å². The first-order chi connectivity index (χ1) is 12.4. The lowest BCUT2D eigenvalue weighted by atomic mass is 10.2. The molecule has 1 amide bonds. The standard InChI is InChI=1S/C17H19N5O3S/c1-12-4-5-13(2)15(10-12)26(24,25)20-8-7-18-16(23)14-11-22-9-3-6-19-17(22)21-14/h3-6,9-11,20H,7-8H2,1-2H3,(H,18,23). The summed E-state index contributed by atoms with van der Waals surface area (Å²) in [5.41, 5.74) is 1.76. The van der Waals surface area contributed by atoms with Crippen LogP contribution >= 0.6 is 0 Å². The van der Waals surface area contributed by atoms with E-state index >= 15 is 0 Å². The molecule has 0 spiro atoms. The van der Waals surface area contributed by atoms with Crippen LogP contribution in [0.1, 0.15) is 21.6 Å². The van der Waals surface area contributed by atoms with Crippen LogP contribution in [0.2, 0.25) is 0 Å². The van der Waals surface area contributed by atoms with Gasteiger partial charge in [-0.2, -0.15) is 0 Å². The molecule has 0 atom stereocenters. The van der Waals surface area contributed by atoms with Crippen LogP contribution in [-0.4, -0.2) is 41.8 Å². The average molecular weight is 373 g/mol. The predicted octanol–water partition coefficient (Wildman–Crippen LogP) is 1.05. The number of nitrogens with zero attached hydrogens (tertiary/aromatic N) is 3. The number of aromatic nitrogens is 3.